The minimum atomic E-state index is -0.990. The number of hydrogen-bond acceptors (Lipinski definition) is 6. The Hall–Kier alpha value is -5.46. The molecule has 8 rings (SSSR count). The van der Waals surface area contributed by atoms with Crippen molar-refractivity contribution in [1.29, 1.82) is 0 Å². The van der Waals surface area contributed by atoms with E-state index in [1.807, 2.05) is 25.7 Å². The van der Waals surface area contributed by atoms with Crippen molar-refractivity contribution in [3.05, 3.63) is 84.7 Å². The van der Waals surface area contributed by atoms with E-state index in [1.54, 1.807) is 30.6 Å². The number of aromatic nitrogens is 6. The summed E-state index contributed by atoms with van der Waals surface area (Å²) < 4.78 is 48.5. The molecule has 2 atom stereocenters. The number of hydrogen-bond donors (Lipinski definition) is 2. The van der Waals surface area contributed by atoms with Crippen molar-refractivity contribution >= 4 is 28.3 Å². The van der Waals surface area contributed by atoms with Crippen LogP contribution in [0.5, 0.6) is 0 Å². The van der Waals surface area contributed by atoms with Crippen LogP contribution in [0.2, 0.25) is 0 Å². The Kier molecular flexibility index (Phi) is 6.18. The summed E-state index contributed by atoms with van der Waals surface area (Å²) in [6.45, 7) is 6.56. The van der Waals surface area contributed by atoms with Gasteiger partial charge < -0.3 is 10.0 Å². The number of carbonyl (C=O) groups is 1. The number of anilines is 1. The number of H-pyrrole nitrogens is 1. The molecule has 2 N–H and O–H groups in total. The first-order valence-electron chi connectivity index (χ1n) is 15.2. The first kappa shape index (κ1) is 29.0. The van der Waals surface area contributed by atoms with Crippen molar-refractivity contribution in [2.24, 2.45) is 5.41 Å². The highest BCUT2D eigenvalue weighted by Gasteiger charge is 2.61. The van der Waals surface area contributed by atoms with E-state index in [9.17, 15) is 14.3 Å². The lowest BCUT2D eigenvalue weighted by molar-refractivity contribution is 0.0363. The number of likely N-dealkylation sites (tertiary alicyclic amines) is 1. The number of benzene rings is 2. The summed E-state index contributed by atoms with van der Waals surface area (Å²) in [5.74, 6) is -2.07. The molecule has 6 heterocycles. The maximum Gasteiger partial charge on any atom is 0.407 e. The van der Waals surface area contributed by atoms with Crippen LogP contribution in [0.1, 0.15) is 27.2 Å². The van der Waals surface area contributed by atoms with Gasteiger partial charge in [0.05, 0.1) is 28.6 Å². The Morgan fingerprint density at radius 3 is 2.45 bits per heavy atom. The first-order valence-corrected chi connectivity index (χ1v) is 15.2. The third-order valence-corrected chi connectivity index (χ3v) is 9.90. The number of carboxylic acid groups (broad SMARTS) is 1. The summed E-state index contributed by atoms with van der Waals surface area (Å²) in [6, 6.07) is 10.3. The van der Waals surface area contributed by atoms with Crippen LogP contribution in [0.3, 0.4) is 0 Å². The van der Waals surface area contributed by atoms with Crippen molar-refractivity contribution in [3.63, 3.8) is 0 Å². The molecule has 0 unspecified atom stereocenters. The van der Waals surface area contributed by atoms with E-state index in [4.69, 9.17) is 5.10 Å². The Labute approximate surface area is 266 Å². The average molecular weight is 639 g/mol. The van der Waals surface area contributed by atoms with Crippen LogP contribution in [0, 0.1) is 22.9 Å². The lowest BCUT2D eigenvalue weighted by Gasteiger charge is -2.48. The van der Waals surface area contributed by atoms with E-state index >= 15 is 8.78 Å². The van der Waals surface area contributed by atoms with E-state index in [-0.39, 0.29) is 29.4 Å². The number of rotatable bonds is 4. The summed E-state index contributed by atoms with van der Waals surface area (Å²) in [6.07, 6.45) is 5.77. The molecular formula is C34H29F3N8O2. The number of pyridine rings is 1. The third kappa shape index (κ3) is 4.14. The quantitative estimate of drug-likeness (QED) is 0.219. The second-order valence-corrected chi connectivity index (χ2v) is 13.2. The van der Waals surface area contributed by atoms with Crippen LogP contribution >= 0.6 is 0 Å². The predicted molar refractivity (Wildman–Crippen MR) is 169 cm³/mol. The molecule has 10 nitrogen and oxygen atoms in total. The number of aromatic amines is 1. The molecule has 1 amide bonds. The summed E-state index contributed by atoms with van der Waals surface area (Å²) >= 11 is 0. The molecule has 47 heavy (non-hydrogen) atoms. The third-order valence-electron chi connectivity index (χ3n) is 9.90. The maximum atomic E-state index is 16.2. The largest absolute Gasteiger partial charge is 0.465 e. The molecular weight excluding hydrogens is 609 g/mol. The fraction of sp³-hybridized carbons (Fsp3) is 0.265. The van der Waals surface area contributed by atoms with Gasteiger partial charge in [-0.15, -0.1) is 0 Å². The molecule has 4 aromatic heterocycles. The number of fused-ring (bicyclic) bond motifs is 4. The highest BCUT2D eigenvalue weighted by Crippen LogP contribution is 2.52. The molecule has 2 aliphatic rings. The number of amides is 1. The second-order valence-electron chi connectivity index (χ2n) is 13.2. The number of nitrogens with zero attached hydrogens (tertiary/aromatic N) is 7. The fourth-order valence-corrected chi connectivity index (χ4v) is 7.52. The van der Waals surface area contributed by atoms with Gasteiger partial charge in [-0.25, -0.2) is 27.5 Å². The molecule has 0 spiro atoms. The Bertz CT molecular complexity index is 2200. The normalized spacial score (nSPS) is 19.4. The lowest BCUT2D eigenvalue weighted by Crippen LogP contribution is -2.61. The van der Waals surface area contributed by atoms with Crippen LogP contribution in [0.15, 0.2) is 67.3 Å². The topological polar surface area (TPSA) is 116 Å². The summed E-state index contributed by atoms with van der Waals surface area (Å²) in [7, 11) is 0. The van der Waals surface area contributed by atoms with Crippen LogP contribution < -0.4 is 4.90 Å². The van der Waals surface area contributed by atoms with Gasteiger partial charge in [-0.1, -0.05) is 26.8 Å². The zero-order chi connectivity index (χ0) is 32.8. The molecule has 13 heteroatoms. The Morgan fingerprint density at radius 2 is 1.74 bits per heavy atom. The van der Waals surface area contributed by atoms with Crippen LogP contribution in [-0.2, 0) is 0 Å². The molecule has 2 aliphatic heterocycles. The molecule has 0 radical (unpaired) electrons. The molecule has 2 bridgehead atoms. The highest BCUT2D eigenvalue weighted by molar-refractivity contribution is 6.03. The molecule has 2 fully saturated rings. The Morgan fingerprint density at radius 1 is 1.00 bits per heavy atom. The standard InChI is InChI=1S/C34H29F3N8O2/c1-33(2,3)34-14-20(16-44(34)32(46)47)43(17-34)19-12-24(36)28(25(37)13-19)26-8-11-39-31-27(21-4-5-23(35)30-22(21)15-40-41-30)29(42-45(26)31)18-6-9-38-10-7-18/h4-13,15,20H,14,16-17H2,1-3H3,(H,40,41)(H,46,47)/t20-,34+/m0/s1. The number of nitrogens with one attached hydrogen (secondary N) is 1. The first-order chi connectivity index (χ1) is 22.5. The van der Waals surface area contributed by atoms with E-state index in [2.05, 4.69) is 20.2 Å². The maximum absolute atomic E-state index is 16.2. The van der Waals surface area contributed by atoms with Gasteiger partial charge in [0, 0.05) is 54.4 Å². The van der Waals surface area contributed by atoms with Crippen molar-refractivity contribution in [2.45, 2.75) is 38.8 Å². The van der Waals surface area contributed by atoms with Gasteiger partial charge in [0.2, 0.25) is 0 Å². The molecule has 238 valence electrons. The molecule has 0 saturated carbocycles. The summed E-state index contributed by atoms with van der Waals surface area (Å²) in [5.41, 5.74) is 1.89. The van der Waals surface area contributed by atoms with E-state index in [0.29, 0.717) is 52.1 Å². The van der Waals surface area contributed by atoms with Gasteiger partial charge in [-0.05, 0) is 53.8 Å². The molecule has 2 saturated heterocycles. The second kappa shape index (κ2) is 10.0. The minimum Gasteiger partial charge on any atom is -0.465 e. The van der Waals surface area contributed by atoms with Crippen LogP contribution in [0.25, 0.3) is 50.2 Å². The van der Waals surface area contributed by atoms with E-state index < -0.39 is 34.5 Å². The number of piperazine rings is 1. The Balaban J connectivity index is 1.28. The van der Waals surface area contributed by atoms with Gasteiger partial charge in [0.15, 0.2) is 5.65 Å². The fourth-order valence-electron chi connectivity index (χ4n) is 7.52. The van der Waals surface area contributed by atoms with Crippen molar-refractivity contribution < 1.29 is 23.1 Å². The van der Waals surface area contributed by atoms with Gasteiger partial charge >= 0.3 is 6.09 Å². The van der Waals surface area contributed by atoms with Crippen molar-refractivity contribution in [1.82, 2.24) is 34.7 Å². The zero-order valence-corrected chi connectivity index (χ0v) is 25.7. The minimum absolute atomic E-state index is 0.134. The molecule has 2 aromatic carbocycles. The van der Waals surface area contributed by atoms with Crippen molar-refractivity contribution in [3.8, 4) is 33.6 Å². The molecule has 0 aliphatic carbocycles. The van der Waals surface area contributed by atoms with Gasteiger partial charge in [0.25, 0.3) is 0 Å². The summed E-state index contributed by atoms with van der Waals surface area (Å²) in [4.78, 5) is 24.2. The van der Waals surface area contributed by atoms with Crippen molar-refractivity contribution in [2.75, 3.05) is 18.0 Å². The lowest BCUT2D eigenvalue weighted by atomic mass is 9.73. The number of halogens is 3. The monoisotopic (exact) mass is 638 g/mol. The van der Waals surface area contributed by atoms with E-state index in [1.165, 1.54) is 46.1 Å². The predicted octanol–water partition coefficient (Wildman–Crippen LogP) is 6.78. The van der Waals surface area contributed by atoms with Gasteiger partial charge in [-0.2, -0.15) is 10.2 Å². The average Bonchev–Trinajstić information content (AvgIpc) is 3.83. The van der Waals surface area contributed by atoms with Gasteiger partial charge in [-0.3, -0.25) is 15.0 Å². The zero-order valence-electron chi connectivity index (χ0n) is 25.7. The summed E-state index contributed by atoms with van der Waals surface area (Å²) in [5, 5.41) is 22.0. The molecule has 6 aromatic rings. The smallest absolute Gasteiger partial charge is 0.407 e. The highest BCUT2D eigenvalue weighted by atomic mass is 19.1. The van der Waals surface area contributed by atoms with Gasteiger partial charge in [0.1, 0.15) is 28.7 Å². The SMILES string of the molecule is CC(C)(C)[C@]12C[C@@H](CN1C(=O)O)N(c1cc(F)c(-c3ccnc4c(-c5ccc(F)c6[nH]ncc56)c(-c5ccncc5)nn34)c(F)c1)C2. The van der Waals surface area contributed by atoms with Crippen LogP contribution in [-0.4, -0.2) is 70.5 Å². The van der Waals surface area contributed by atoms with E-state index in [0.717, 1.165) is 0 Å². The van der Waals surface area contributed by atoms with Crippen LogP contribution in [0.4, 0.5) is 23.7 Å².